The van der Waals surface area contributed by atoms with Gasteiger partial charge in [-0.05, 0) is 30.2 Å². The van der Waals surface area contributed by atoms with Crippen molar-refractivity contribution >= 4 is 23.6 Å². The first-order valence-electron chi connectivity index (χ1n) is 6.57. The van der Waals surface area contributed by atoms with Gasteiger partial charge in [0, 0.05) is 32.2 Å². The molecule has 8 heteroatoms. The van der Waals surface area contributed by atoms with E-state index in [1.54, 1.807) is 0 Å². The van der Waals surface area contributed by atoms with Crippen molar-refractivity contribution < 1.29 is 19.6 Å². The van der Waals surface area contributed by atoms with Gasteiger partial charge in [0.05, 0.1) is 4.92 Å². The molecule has 1 aromatic carbocycles. The number of aliphatic hydroxyl groups excluding tert-OH is 1. The van der Waals surface area contributed by atoms with Crippen LogP contribution in [0.3, 0.4) is 0 Å². The standard InChI is InChI=1S/C14H17N3O5/c1-10(19)16-13(14(20)15-7-2-8-18)9-11-3-5-12(6-4-11)17(21)22/h3-6,9,18H,2,7-8H2,1H3,(H,15,20)(H,16,19). The fourth-order valence-electron chi connectivity index (χ4n) is 1.58. The molecule has 22 heavy (non-hydrogen) atoms. The van der Waals surface area contributed by atoms with E-state index in [9.17, 15) is 19.7 Å². The third-order valence-electron chi connectivity index (χ3n) is 2.59. The second-order valence-corrected chi connectivity index (χ2v) is 4.42. The van der Waals surface area contributed by atoms with Crippen LogP contribution in [0.5, 0.6) is 0 Å². The molecule has 0 saturated heterocycles. The molecule has 0 spiro atoms. The molecule has 0 aliphatic rings. The first kappa shape index (κ1) is 17.3. The van der Waals surface area contributed by atoms with E-state index in [2.05, 4.69) is 10.6 Å². The topological polar surface area (TPSA) is 122 Å². The Morgan fingerprint density at radius 2 is 1.95 bits per heavy atom. The van der Waals surface area contributed by atoms with Gasteiger partial charge < -0.3 is 15.7 Å². The number of benzene rings is 1. The fourth-order valence-corrected chi connectivity index (χ4v) is 1.58. The summed E-state index contributed by atoms with van der Waals surface area (Å²) in [6.07, 6.45) is 1.82. The molecule has 0 unspecified atom stereocenters. The normalized spacial score (nSPS) is 10.9. The highest BCUT2D eigenvalue weighted by Gasteiger charge is 2.11. The number of non-ortho nitro benzene ring substituents is 1. The van der Waals surface area contributed by atoms with Crippen molar-refractivity contribution in [2.75, 3.05) is 13.2 Å². The largest absolute Gasteiger partial charge is 0.396 e. The second kappa shape index (κ2) is 8.53. The zero-order valence-corrected chi connectivity index (χ0v) is 12.0. The minimum atomic E-state index is -0.524. The van der Waals surface area contributed by atoms with Crippen LogP contribution in [0.1, 0.15) is 18.9 Å². The molecule has 2 amide bonds. The molecule has 0 saturated carbocycles. The van der Waals surface area contributed by atoms with E-state index in [1.807, 2.05) is 0 Å². The van der Waals surface area contributed by atoms with Gasteiger partial charge in [-0.2, -0.15) is 0 Å². The Labute approximate surface area is 127 Å². The van der Waals surface area contributed by atoms with Gasteiger partial charge in [-0.3, -0.25) is 19.7 Å². The number of rotatable bonds is 7. The lowest BCUT2D eigenvalue weighted by Crippen LogP contribution is -2.34. The van der Waals surface area contributed by atoms with Crippen molar-refractivity contribution in [3.05, 3.63) is 45.6 Å². The van der Waals surface area contributed by atoms with Crippen LogP contribution in [-0.4, -0.2) is 35.0 Å². The van der Waals surface area contributed by atoms with Gasteiger partial charge in [-0.15, -0.1) is 0 Å². The van der Waals surface area contributed by atoms with Crippen LogP contribution in [0.4, 0.5) is 5.69 Å². The van der Waals surface area contributed by atoms with Gasteiger partial charge in [-0.25, -0.2) is 0 Å². The molecule has 0 radical (unpaired) electrons. The predicted molar refractivity (Wildman–Crippen MR) is 79.6 cm³/mol. The number of carbonyl (C=O) groups excluding carboxylic acids is 2. The van der Waals surface area contributed by atoms with E-state index in [1.165, 1.54) is 37.3 Å². The molecule has 1 rings (SSSR count). The lowest BCUT2D eigenvalue weighted by atomic mass is 10.1. The van der Waals surface area contributed by atoms with Gasteiger partial charge in [0.15, 0.2) is 0 Å². The summed E-state index contributed by atoms with van der Waals surface area (Å²) in [5.74, 6) is -0.910. The van der Waals surface area contributed by atoms with E-state index in [4.69, 9.17) is 5.11 Å². The molecular weight excluding hydrogens is 290 g/mol. The first-order chi connectivity index (χ1) is 10.4. The maximum atomic E-state index is 11.9. The Bertz CT molecular complexity index is 581. The van der Waals surface area contributed by atoms with Gasteiger partial charge in [0.2, 0.25) is 5.91 Å². The van der Waals surface area contributed by atoms with Gasteiger partial charge in [0.1, 0.15) is 5.70 Å². The zero-order chi connectivity index (χ0) is 16.5. The molecular formula is C14H17N3O5. The lowest BCUT2D eigenvalue weighted by Gasteiger charge is -2.09. The number of aliphatic hydroxyl groups is 1. The minimum absolute atomic E-state index is 0.0271. The number of hydrogen-bond acceptors (Lipinski definition) is 5. The molecule has 0 heterocycles. The monoisotopic (exact) mass is 307 g/mol. The Morgan fingerprint density at radius 1 is 1.32 bits per heavy atom. The highest BCUT2D eigenvalue weighted by Crippen LogP contribution is 2.14. The Hall–Kier alpha value is -2.74. The SMILES string of the molecule is CC(=O)NC(=Cc1ccc([N+](=O)[O-])cc1)C(=O)NCCCO. The first-order valence-corrected chi connectivity index (χ1v) is 6.57. The minimum Gasteiger partial charge on any atom is -0.396 e. The number of nitro benzene ring substituents is 1. The summed E-state index contributed by atoms with van der Waals surface area (Å²) in [6, 6.07) is 5.56. The molecule has 0 fully saturated rings. The van der Waals surface area contributed by atoms with Crippen molar-refractivity contribution in [3.8, 4) is 0 Å². The molecule has 0 atom stereocenters. The Balaban J connectivity index is 2.91. The molecule has 0 bridgehead atoms. The summed E-state index contributed by atoms with van der Waals surface area (Å²) in [5, 5.41) is 24.2. The van der Waals surface area contributed by atoms with Crippen LogP contribution in [0, 0.1) is 10.1 Å². The van der Waals surface area contributed by atoms with Crippen molar-refractivity contribution in [1.82, 2.24) is 10.6 Å². The third kappa shape index (κ3) is 5.71. The van der Waals surface area contributed by atoms with Crippen molar-refractivity contribution in [2.45, 2.75) is 13.3 Å². The molecule has 118 valence electrons. The van der Waals surface area contributed by atoms with E-state index in [-0.39, 0.29) is 24.5 Å². The number of hydrogen-bond donors (Lipinski definition) is 3. The maximum absolute atomic E-state index is 11.9. The highest BCUT2D eigenvalue weighted by atomic mass is 16.6. The van der Waals surface area contributed by atoms with Crippen molar-refractivity contribution in [3.63, 3.8) is 0 Å². The third-order valence-corrected chi connectivity index (χ3v) is 2.59. The van der Waals surface area contributed by atoms with Crippen LogP contribution >= 0.6 is 0 Å². The zero-order valence-electron chi connectivity index (χ0n) is 12.0. The highest BCUT2D eigenvalue weighted by molar-refractivity contribution is 6.00. The van der Waals surface area contributed by atoms with Gasteiger partial charge >= 0.3 is 0 Å². The Kier molecular flexibility index (Phi) is 6.71. The van der Waals surface area contributed by atoms with Gasteiger partial charge in [0.25, 0.3) is 11.6 Å². The average Bonchev–Trinajstić information content (AvgIpc) is 2.46. The summed E-state index contributed by atoms with van der Waals surface area (Å²) in [4.78, 5) is 33.2. The van der Waals surface area contributed by atoms with Crippen LogP contribution in [-0.2, 0) is 9.59 Å². The quantitative estimate of drug-likeness (QED) is 0.294. The summed E-state index contributed by atoms with van der Waals surface area (Å²) in [5.41, 5.74) is 0.497. The van der Waals surface area contributed by atoms with Crippen LogP contribution in [0.15, 0.2) is 30.0 Å². The summed E-state index contributed by atoms with van der Waals surface area (Å²) in [6.45, 7) is 1.49. The summed E-state index contributed by atoms with van der Waals surface area (Å²) < 4.78 is 0. The molecule has 8 nitrogen and oxygen atoms in total. The molecule has 0 aliphatic carbocycles. The molecule has 3 N–H and O–H groups in total. The average molecular weight is 307 g/mol. The van der Waals surface area contributed by atoms with Crippen LogP contribution in [0.2, 0.25) is 0 Å². The van der Waals surface area contributed by atoms with Crippen LogP contribution in [0.25, 0.3) is 6.08 Å². The van der Waals surface area contributed by atoms with Gasteiger partial charge in [-0.1, -0.05) is 0 Å². The molecule has 0 aliphatic heterocycles. The van der Waals surface area contributed by atoms with Crippen molar-refractivity contribution in [2.24, 2.45) is 0 Å². The van der Waals surface area contributed by atoms with E-state index >= 15 is 0 Å². The van der Waals surface area contributed by atoms with E-state index in [0.29, 0.717) is 12.0 Å². The summed E-state index contributed by atoms with van der Waals surface area (Å²) in [7, 11) is 0. The lowest BCUT2D eigenvalue weighted by molar-refractivity contribution is -0.384. The van der Waals surface area contributed by atoms with E-state index in [0.717, 1.165) is 0 Å². The number of nitrogens with one attached hydrogen (secondary N) is 2. The fraction of sp³-hybridized carbons (Fsp3) is 0.286. The molecule has 0 aromatic heterocycles. The molecule has 1 aromatic rings. The van der Waals surface area contributed by atoms with Crippen molar-refractivity contribution in [1.29, 1.82) is 0 Å². The summed E-state index contributed by atoms with van der Waals surface area (Å²) >= 11 is 0. The van der Waals surface area contributed by atoms with Crippen LogP contribution < -0.4 is 10.6 Å². The van der Waals surface area contributed by atoms with E-state index < -0.39 is 16.7 Å². The number of nitrogens with zero attached hydrogens (tertiary/aromatic N) is 1. The maximum Gasteiger partial charge on any atom is 0.269 e. The second-order valence-electron chi connectivity index (χ2n) is 4.42. The number of nitro groups is 1. The number of carbonyl (C=O) groups is 2. The number of amides is 2. The smallest absolute Gasteiger partial charge is 0.269 e. The predicted octanol–water partition coefficient (Wildman–Crippen LogP) is 0.570. The Morgan fingerprint density at radius 3 is 2.45 bits per heavy atom.